The van der Waals surface area contributed by atoms with Crippen LogP contribution in [0.2, 0.25) is 0 Å². The lowest BCUT2D eigenvalue weighted by Gasteiger charge is -2.45. The standard InChI is InChI=1S/C31H40N4O3S2/c1-39(37)27-9-10-29-28(21-27)31(30(22-32-29)40(38)26-7-5-25(36)6-8-26)35-19-13-24(14-20-35)34-17-11-23(12-18-34)33-15-3-2-4-16-33/h5-10,21-24,36H,2-4,11-20H2,1H3. The van der Waals surface area contributed by atoms with Crippen molar-refractivity contribution in [3.8, 4) is 5.75 Å². The topological polar surface area (TPSA) is 77.0 Å². The largest absolute Gasteiger partial charge is 0.508 e. The van der Waals surface area contributed by atoms with Gasteiger partial charge in [-0.1, -0.05) is 6.42 Å². The van der Waals surface area contributed by atoms with E-state index < -0.39 is 21.6 Å². The number of anilines is 1. The molecule has 3 aliphatic heterocycles. The highest BCUT2D eigenvalue weighted by Crippen LogP contribution is 2.37. The first kappa shape index (κ1) is 27.8. The normalized spacial score (nSPS) is 22.0. The Morgan fingerprint density at radius 1 is 0.775 bits per heavy atom. The maximum absolute atomic E-state index is 13.8. The maximum Gasteiger partial charge on any atom is 0.115 e. The van der Waals surface area contributed by atoms with Crippen molar-refractivity contribution in [2.24, 2.45) is 0 Å². The van der Waals surface area contributed by atoms with E-state index in [0.29, 0.717) is 15.8 Å². The number of hydrogen-bond donors (Lipinski definition) is 1. The minimum absolute atomic E-state index is 0.148. The second-order valence-electron chi connectivity index (χ2n) is 11.4. The zero-order valence-corrected chi connectivity index (χ0v) is 25.0. The van der Waals surface area contributed by atoms with Gasteiger partial charge in [0.1, 0.15) is 5.75 Å². The van der Waals surface area contributed by atoms with E-state index in [4.69, 9.17) is 0 Å². The van der Waals surface area contributed by atoms with Gasteiger partial charge in [0.05, 0.1) is 26.9 Å². The van der Waals surface area contributed by atoms with Crippen molar-refractivity contribution in [1.29, 1.82) is 0 Å². The molecule has 0 bridgehead atoms. The van der Waals surface area contributed by atoms with E-state index in [2.05, 4.69) is 19.7 Å². The minimum atomic E-state index is -1.47. The van der Waals surface area contributed by atoms with Crippen LogP contribution in [0.15, 0.2) is 63.3 Å². The molecule has 3 aromatic rings. The van der Waals surface area contributed by atoms with Crippen molar-refractivity contribution in [1.82, 2.24) is 14.8 Å². The lowest BCUT2D eigenvalue weighted by atomic mass is 9.95. The molecule has 9 heteroatoms. The summed E-state index contributed by atoms with van der Waals surface area (Å²) in [5.74, 6) is 0.148. The summed E-state index contributed by atoms with van der Waals surface area (Å²) in [7, 11) is -2.60. The zero-order valence-electron chi connectivity index (χ0n) is 23.3. The number of pyridine rings is 1. The average Bonchev–Trinajstić information content (AvgIpc) is 3.01. The van der Waals surface area contributed by atoms with Crippen LogP contribution in [0.3, 0.4) is 0 Å². The van der Waals surface area contributed by atoms with Crippen LogP contribution in [-0.4, -0.2) is 85.9 Å². The summed E-state index contributed by atoms with van der Waals surface area (Å²) in [6.07, 6.45) is 12.2. The summed E-state index contributed by atoms with van der Waals surface area (Å²) in [5, 5.41) is 10.7. The molecule has 1 N–H and O–H groups in total. The summed E-state index contributed by atoms with van der Waals surface area (Å²) in [5.41, 5.74) is 1.75. The van der Waals surface area contributed by atoms with Crippen LogP contribution in [0.1, 0.15) is 44.9 Å². The Kier molecular flexibility index (Phi) is 8.53. The van der Waals surface area contributed by atoms with Crippen LogP contribution in [-0.2, 0) is 21.6 Å². The number of piperidine rings is 3. The Morgan fingerprint density at radius 2 is 1.38 bits per heavy atom. The van der Waals surface area contributed by atoms with Crippen LogP contribution in [0.5, 0.6) is 5.75 Å². The molecular formula is C31H40N4O3S2. The number of phenolic OH excluding ortho intramolecular Hbond substituents is 1. The third-order valence-electron chi connectivity index (χ3n) is 9.06. The minimum Gasteiger partial charge on any atom is -0.508 e. The summed E-state index contributed by atoms with van der Waals surface area (Å²) < 4.78 is 26.2. The van der Waals surface area contributed by atoms with Gasteiger partial charge in [0, 0.05) is 63.6 Å². The maximum atomic E-state index is 13.8. The van der Waals surface area contributed by atoms with Crippen molar-refractivity contribution in [2.45, 2.75) is 71.7 Å². The number of aromatic hydroxyl groups is 1. The second kappa shape index (κ2) is 12.3. The van der Waals surface area contributed by atoms with Crippen LogP contribution >= 0.6 is 0 Å². The Labute approximate surface area is 242 Å². The van der Waals surface area contributed by atoms with Crippen LogP contribution in [0, 0.1) is 0 Å². The molecule has 1 aromatic heterocycles. The van der Waals surface area contributed by atoms with Gasteiger partial charge in [-0.15, -0.1) is 0 Å². The van der Waals surface area contributed by atoms with Gasteiger partial charge in [-0.05, 0) is 107 Å². The first-order valence-corrected chi connectivity index (χ1v) is 17.4. The highest BCUT2D eigenvalue weighted by molar-refractivity contribution is 7.85. The molecule has 3 aliphatic rings. The molecule has 7 nitrogen and oxygen atoms in total. The second-order valence-corrected chi connectivity index (χ2v) is 14.3. The van der Waals surface area contributed by atoms with Crippen molar-refractivity contribution in [2.75, 3.05) is 50.4 Å². The molecule has 6 rings (SSSR count). The summed E-state index contributed by atoms with van der Waals surface area (Å²) in [4.78, 5) is 14.5. The van der Waals surface area contributed by atoms with E-state index in [0.717, 1.165) is 53.5 Å². The van der Waals surface area contributed by atoms with Gasteiger partial charge < -0.3 is 19.8 Å². The summed E-state index contributed by atoms with van der Waals surface area (Å²) >= 11 is 0. The molecule has 2 atom stereocenters. The van der Waals surface area contributed by atoms with Crippen molar-refractivity contribution >= 4 is 38.2 Å². The monoisotopic (exact) mass is 580 g/mol. The number of phenols is 1. The Morgan fingerprint density at radius 3 is 2.02 bits per heavy atom. The van der Waals surface area contributed by atoms with Crippen molar-refractivity contribution in [3.63, 3.8) is 0 Å². The van der Waals surface area contributed by atoms with Gasteiger partial charge in [0.15, 0.2) is 0 Å². The molecule has 0 amide bonds. The molecule has 4 heterocycles. The van der Waals surface area contributed by atoms with Gasteiger partial charge in [0.2, 0.25) is 0 Å². The SMILES string of the molecule is CS(=O)c1ccc2ncc(S(=O)c3ccc(O)cc3)c(N3CCC(N4CCC(N5CCCCC5)CC4)CC3)c2c1. The van der Waals surface area contributed by atoms with E-state index in [-0.39, 0.29) is 5.75 Å². The Balaban J connectivity index is 1.23. The molecule has 214 valence electrons. The summed E-state index contributed by atoms with van der Waals surface area (Å²) in [6.45, 7) is 6.70. The molecule has 40 heavy (non-hydrogen) atoms. The number of fused-ring (bicyclic) bond motifs is 1. The van der Waals surface area contributed by atoms with Gasteiger partial charge in [-0.3, -0.25) is 9.19 Å². The number of hydrogen-bond acceptors (Lipinski definition) is 7. The van der Waals surface area contributed by atoms with Crippen LogP contribution < -0.4 is 4.90 Å². The lowest BCUT2D eigenvalue weighted by Crippen LogP contribution is -2.52. The van der Waals surface area contributed by atoms with Crippen molar-refractivity contribution in [3.05, 3.63) is 48.7 Å². The predicted octanol–water partition coefficient (Wildman–Crippen LogP) is 4.76. The molecule has 2 unspecified atom stereocenters. The Bertz CT molecular complexity index is 1380. The van der Waals surface area contributed by atoms with E-state index in [1.165, 1.54) is 58.3 Å². The van der Waals surface area contributed by atoms with Crippen LogP contribution in [0.4, 0.5) is 5.69 Å². The molecule has 2 aromatic carbocycles. The molecule has 0 spiro atoms. The number of rotatable bonds is 6. The third-order valence-corrected chi connectivity index (χ3v) is 11.4. The number of benzene rings is 2. The van der Waals surface area contributed by atoms with Gasteiger partial charge >= 0.3 is 0 Å². The van der Waals surface area contributed by atoms with E-state index in [9.17, 15) is 13.5 Å². The average molecular weight is 581 g/mol. The molecule has 3 fully saturated rings. The molecular weight excluding hydrogens is 541 g/mol. The van der Waals surface area contributed by atoms with Gasteiger partial charge in [0.25, 0.3) is 0 Å². The van der Waals surface area contributed by atoms with Gasteiger partial charge in [-0.25, -0.2) is 4.21 Å². The molecule has 0 aliphatic carbocycles. The van der Waals surface area contributed by atoms with Crippen LogP contribution in [0.25, 0.3) is 10.9 Å². The fraction of sp³-hybridized carbons (Fsp3) is 0.516. The highest BCUT2D eigenvalue weighted by atomic mass is 32.2. The molecule has 0 saturated carbocycles. The Hall–Kier alpha value is -2.33. The lowest BCUT2D eigenvalue weighted by molar-refractivity contribution is 0.0654. The van der Waals surface area contributed by atoms with Crippen molar-refractivity contribution < 1.29 is 13.5 Å². The number of likely N-dealkylation sites (tertiary alicyclic amines) is 2. The molecule has 0 radical (unpaired) electrons. The third kappa shape index (κ3) is 5.84. The number of nitrogens with zero attached hydrogens (tertiary/aromatic N) is 4. The number of aromatic nitrogens is 1. The fourth-order valence-electron chi connectivity index (χ4n) is 6.83. The van der Waals surface area contributed by atoms with E-state index in [1.807, 2.05) is 18.2 Å². The first-order valence-electron chi connectivity index (χ1n) is 14.7. The fourth-order valence-corrected chi connectivity index (χ4v) is 8.57. The smallest absolute Gasteiger partial charge is 0.115 e. The highest BCUT2D eigenvalue weighted by Gasteiger charge is 2.32. The quantitative estimate of drug-likeness (QED) is 0.450. The summed E-state index contributed by atoms with van der Waals surface area (Å²) in [6, 6.07) is 13.6. The predicted molar refractivity (Wildman–Crippen MR) is 162 cm³/mol. The first-order chi connectivity index (χ1) is 19.5. The van der Waals surface area contributed by atoms with E-state index >= 15 is 0 Å². The van der Waals surface area contributed by atoms with E-state index in [1.54, 1.807) is 36.7 Å². The van der Waals surface area contributed by atoms with Gasteiger partial charge in [-0.2, -0.15) is 0 Å². The molecule has 3 saturated heterocycles. The zero-order chi connectivity index (χ0) is 27.6.